The third kappa shape index (κ3) is 3.35. The van der Waals surface area contributed by atoms with Gasteiger partial charge in [-0.05, 0) is 31.5 Å². The van der Waals surface area contributed by atoms with Gasteiger partial charge in [-0.25, -0.2) is 4.79 Å². The third-order valence-corrected chi connectivity index (χ3v) is 3.96. The molecular formula is C17H18N2O3S. The molecule has 1 aromatic carbocycles. The fourth-order valence-corrected chi connectivity index (χ4v) is 2.88. The lowest BCUT2D eigenvalue weighted by atomic mass is 9.82. The quantitative estimate of drug-likeness (QED) is 0.656. The van der Waals surface area contributed by atoms with Gasteiger partial charge in [0.15, 0.2) is 0 Å². The first-order chi connectivity index (χ1) is 11.0. The number of nitrogens with zero attached hydrogens (tertiary/aromatic N) is 1. The molecule has 0 spiro atoms. The number of rotatable bonds is 4. The monoisotopic (exact) mass is 330 g/mol. The zero-order chi connectivity index (χ0) is 17.0. The Morgan fingerprint density at radius 1 is 1.39 bits per heavy atom. The van der Waals surface area contributed by atoms with Gasteiger partial charge < -0.3 is 14.8 Å². The Morgan fingerprint density at radius 2 is 2.04 bits per heavy atom. The van der Waals surface area contributed by atoms with E-state index in [0.29, 0.717) is 27.6 Å². The fourth-order valence-electron chi connectivity index (χ4n) is 2.54. The number of hydrogen-bond acceptors (Lipinski definition) is 6. The van der Waals surface area contributed by atoms with E-state index in [-0.39, 0.29) is 6.61 Å². The molecule has 1 aromatic rings. The normalized spacial score (nSPS) is 17.4. The minimum atomic E-state index is -0.515. The van der Waals surface area contributed by atoms with Crippen LogP contribution >= 0.6 is 12.6 Å². The summed E-state index contributed by atoms with van der Waals surface area (Å²) in [5.74, 6) is -0.250. The van der Waals surface area contributed by atoms with Crippen molar-refractivity contribution in [2.24, 2.45) is 0 Å². The molecule has 1 atom stereocenters. The minimum absolute atomic E-state index is 0.268. The minimum Gasteiger partial charge on any atom is -0.497 e. The molecule has 1 aliphatic rings. The van der Waals surface area contributed by atoms with Gasteiger partial charge in [0.1, 0.15) is 5.75 Å². The molecular weight excluding hydrogens is 312 g/mol. The molecule has 1 aliphatic heterocycles. The zero-order valence-corrected chi connectivity index (χ0v) is 14.1. The van der Waals surface area contributed by atoms with E-state index in [1.54, 1.807) is 33.1 Å². The highest BCUT2D eigenvalue weighted by Gasteiger charge is 2.34. The maximum absolute atomic E-state index is 12.4. The van der Waals surface area contributed by atoms with Gasteiger partial charge in [-0.1, -0.05) is 12.1 Å². The van der Waals surface area contributed by atoms with Gasteiger partial charge in [-0.15, -0.1) is 12.6 Å². The van der Waals surface area contributed by atoms with E-state index in [2.05, 4.69) is 24.0 Å². The van der Waals surface area contributed by atoms with Crippen LogP contribution < -0.4 is 10.1 Å². The fraction of sp³-hybridized carbons (Fsp3) is 0.294. The van der Waals surface area contributed by atoms with Crippen LogP contribution in [0.3, 0.4) is 0 Å². The Morgan fingerprint density at radius 3 is 2.57 bits per heavy atom. The van der Waals surface area contributed by atoms with Crippen molar-refractivity contribution in [1.29, 1.82) is 5.26 Å². The molecule has 1 unspecified atom stereocenters. The van der Waals surface area contributed by atoms with Gasteiger partial charge >= 0.3 is 5.97 Å². The van der Waals surface area contributed by atoms with Crippen LogP contribution in [0.2, 0.25) is 0 Å². The summed E-state index contributed by atoms with van der Waals surface area (Å²) in [7, 11) is 1.58. The first-order valence-corrected chi connectivity index (χ1v) is 7.60. The number of carbonyl (C=O) groups is 1. The van der Waals surface area contributed by atoms with Crippen LogP contribution in [0.25, 0.3) is 0 Å². The standard InChI is InChI=1S/C17H18N2O3S/c1-4-22-17(20)14-10(2)19-16(23)13(9-18)15(14)11-5-7-12(21-3)8-6-11/h5-8,15,19,23H,4H2,1-3H3. The van der Waals surface area contributed by atoms with E-state index in [1.807, 2.05) is 12.1 Å². The van der Waals surface area contributed by atoms with Crippen molar-refractivity contribution in [1.82, 2.24) is 5.32 Å². The molecule has 6 heteroatoms. The highest BCUT2D eigenvalue weighted by atomic mass is 32.1. The Bertz CT molecular complexity index is 714. The molecule has 120 valence electrons. The predicted molar refractivity (Wildman–Crippen MR) is 89.8 cm³/mol. The van der Waals surface area contributed by atoms with Gasteiger partial charge in [0.05, 0.1) is 41.9 Å². The third-order valence-electron chi connectivity index (χ3n) is 3.61. The Labute approximate surface area is 141 Å². The maximum Gasteiger partial charge on any atom is 0.336 e. The van der Waals surface area contributed by atoms with Crippen LogP contribution in [0.5, 0.6) is 5.75 Å². The zero-order valence-electron chi connectivity index (χ0n) is 13.2. The lowest BCUT2D eigenvalue weighted by Crippen LogP contribution is -2.28. The summed E-state index contributed by atoms with van der Waals surface area (Å²) in [5, 5.41) is 12.9. The Hall–Kier alpha value is -2.39. The number of ether oxygens (including phenoxy) is 2. The highest BCUT2D eigenvalue weighted by Crippen LogP contribution is 2.39. The summed E-state index contributed by atoms with van der Waals surface area (Å²) < 4.78 is 10.3. The first kappa shape index (κ1) is 17.0. The molecule has 1 N–H and O–H groups in total. The van der Waals surface area contributed by atoms with Crippen LogP contribution in [0.4, 0.5) is 0 Å². The summed E-state index contributed by atoms with van der Waals surface area (Å²) in [6.07, 6.45) is 0. The molecule has 0 radical (unpaired) electrons. The van der Waals surface area contributed by atoms with Crippen LogP contribution in [-0.2, 0) is 9.53 Å². The number of esters is 1. The van der Waals surface area contributed by atoms with Crippen molar-refractivity contribution in [2.45, 2.75) is 19.8 Å². The topological polar surface area (TPSA) is 71.3 Å². The number of methoxy groups -OCH3 is 1. The number of thiol groups is 1. The molecule has 0 saturated heterocycles. The average molecular weight is 330 g/mol. The largest absolute Gasteiger partial charge is 0.497 e. The van der Waals surface area contributed by atoms with E-state index in [9.17, 15) is 10.1 Å². The number of dihydropyridines is 1. The van der Waals surface area contributed by atoms with Gasteiger partial charge in [0.2, 0.25) is 0 Å². The molecule has 1 heterocycles. The number of carbonyl (C=O) groups excluding carboxylic acids is 1. The molecule has 2 rings (SSSR count). The molecule has 0 aliphatic carbocycles. The van der Waals surface area contributed by atoms with E-state index < -0.39 is 11.9 Å². The molecule has 5 nitrogen and oxygen atoms in total. The smallest absolute Gasteiger partial charge is 0.336 e. The van der Waals surface area contributed by atoms with Crippen LogP contribution in [0.1, 0.15) is 25.3 Å². The Kier molecular flexibility index (Phi) is 5.35. The summed E-state index contributed by atoms with van der Waals surface area (Å²) in [6.45, 7) is 3.79. The number of nitriles is 1. The van der Waals surface area contributed by atoms with Gasteiger partial charge in [-0.2, -0.15) is 5.26 Å². The van der Waals surface area contributed by atoms with E-state index in [4.69, 9.17) is 9.47 Å². The Balaban J connectivity index is 2.56. The second-order valence-electron chi connectivity index (χ2n) is 4.96. The molecule has 0 amide bonds. The maximum atomic E-state index is 12.4. The number of benzene rings is 1. The van der Waals surface area contributed by atoms with E-state index in [1.165, 1.54) is 0 Å². The van der Waals surface area contributed by atoms with Gasteiger partial charge in [0.25, 0.3) is 0 Å². The van der Waals surface area contributed by atoms with Crippen LogP contribution in [-0.4, -0.2) is 19.7 Å². The molecule has 0 saturated carbocycles. The van der Waals surface area contributed by atoms with Crippen LogP contribution in [0, 0.1) is 11.3 Å². The van der Waals surface area contributed by atoms with Crippen molar-refractivity contribution in [3.63, 3.8) is 0 Å². The van der Waals surface area contributed by atoms with Gasteiger partial charge in [-0.3, -0.25) is 0 Å². The molecule has 0 aromatic heterocycles. The second-order valence-corrected chi connectivity index (χ2v) is 5.41. The van der Waals surface area contributed by atoms with Crippen molar-refractivity contribution < 1.29 is 14.3 Å². The molecule has 0 fully saturated rings. The lowest BCUT2D eigenvalue weighted by molar-refractivity contribution is -0.138. The lowest BCUT2D eigenvalue weighted by Gasteiger charge is -2.28. The summed E-state index contributed by atoms with van der Waals surface area (Å²) in [6, 6.07) is 9.40. The van der Waals surface area contributed by atoms with Crippen molar-refractivity contribution in [2.75, 3.05) is 13.7 Å². The summed E-state index contributed by atoms with van der Waals surface area (Å²) in [4.78, 5) is 12.4. The predicted octanol–water partition coefficient (Wildman–Crippen LogP) is 2.88. The second kappa shape index (κ2) is 7.25. The van der Waals surface area contributed by atoms with Crippen molar-refractivity contribution >= 4 is 18.6 Å². The number of allylic oxidation sites excluding steroid dienone is 2. The van der Waals surface area contributed by atoms with E-state index in [0.717, 1.165) is 5.56 Å². The average Bonchev–Trinajstić information content (AvgIpc) is 2.54. The first-order valence-electron chi connectivity index (χ1n) is 7.15. The molecule has 23 heavy (non-hydrogen) atoms. The number of nitrogens with one attached hydrogen (secondary N) is 1. The van der Waals surface area contributed by atoms with Gasteiger partial charge in [0, 0.05) is 5.70 Å². The summed E-state index contributed by atoms with van der Waals surface area (Å²) in [5.41, 5.74) is 2.24. The van der Waals surface area contributed by atoms with Crippen molar-refractivity contribution in [3.8, 4) is 11.8 Å². The summed E-state index contributed by atoms with van der Waals surface area (Å²) >= 11 is 4.34. The van der Waals surface area contributed by atoms with E-state index >= 15 is 0 Å². The number of hydrogen-bond donors (Lipinski definition) is 2. The highest BCUT2D eigenvalue weighted by molar-refractivity contribution is 7.84. The SMILES string of the molecule is CCOC(=O)C1=C(C)NC(S)=C(C#N)C1c1ccc(OC)cc1. The van der Waals surface area contributed by atoms with Crippen molar-refractivity contribution in [3.05, 3.63) is 51.7 Å². The van der Waals surface area contributed by atoms with Crippen LogP contribution in [0.15, 0.2) is 46.1 Å². The molecule has 0 bridgehead atoms.